The summed E-state index contributed by atoms with van der Waals surface area (Å²) in [7, 11) is 0. The summed E-state index contributed by atoms with van der Waals surface area (Å²) in [5, 5.41) is 0. The second-order valence-corrected chi connectivity index (χ2v) is 2.71. The van der Waals surface area contributed by atoms with Crippen LogP contribution >= 0.6 is 0 Å². The Morgan fingerprint density at radius 1 is 1.64 bits per heavy atom. The molecule has 1 radical (unpaired) electrons. The Bertz CT molecular complexity index is 163. The maximum absolute atomic E-state index is 5.74. The van der Waals surface area contributed by atoms with E-state index in [9.17, 15) is 0 Å². The third kappa shape index (κ3) is 3.04. The van der Waals surface area contributed by atoms with Gasteiger partial charge in [-0.2, -0.15) is 0 Å². The van der Waals surface area contributed by atoms with Gasteiger partial charge in [-0.1, -0.05) is 20.2 Å². The molecule has 59 valence electrons. The Labute approximate surface area is 93.6 Å². The molecule has 2 nitrogen and oxygen atoms in total. The smallest absolute Gasteiger partial charge is 0.0339 e. The summed E-state index contributed by atoms with van der Waals surface area (Å²) in [6, 6.07) is 0. The topological polar surface area (TPSA) is 15.6 Å². The van der Waals surface area contributed by atoms with Gasteiger partial charge in [0.15, 0.2) is 0 Å². The van der Waals surface area contributed by atoms with Crippen molar-refractivity contribution in [3.05, 3.63) is 12.3 Å². The third-order valence-electron chi connectivity index (χ3n) is 1.53. The summed E-state index contributed by atoms with van der Waals surface area (Å²) < 4.78 is 0. The average Bonchev–Trinajstić information content (AvgIpc) is 2.36. The molecule has 0 bridgehead atoms. The van der Waals surface area contributed by atoms with Crippen molar-refractivity contribution in [2.45, 2.75) is 13.8 Å². The van der Waals surface area contributed by atoms with Gasteiger partial charge in [-0.05, 0) is 0 Å². The molecule has 0 saturated heterocycles. The van der Waals surface area contributed by atoms with Gasteiger partial charge in [-0.15, -0.1) is 5.92 Å². The minimum atomic E-state index is 0. The third-order valence-corrected chi connectivity index (χ3v) is 1.53. The van der Waals surface area contributed by atoms with E-state index in [1.807, 2.05) is 4.90 Å². The van der Waals surface area contributed by atoms with E-state index in [1.165, 1.54) is 0 Å². The summed E-state index contributed by atoms with van der Waals surface area (Å²) in [6.07, 6.45) is 2.83. The average molecular weight is 225 g/mol. The quantitative estimate of drug-likeness (QED) is 0.644. The molecule has 0 saturated carbocycles. The first-order valence-corrected chi connectivity index (χ1v) is 3.54. The number of allylic oxidation sites excluding steroid dienone is 1. The van der Waals surface area contributed by atoms with E-state index < -0.39 is 0 Å². The van der Waals surface area contributed by atoms with Crippen molar-refractivity contribution >= 4 is 6.34 Å². The van der Waals surface area contributed by atoms with Crippen LogP contribution in [0.5, 0.6) is 0 Å². The molecular weight excluding hydrogens is 213 g/mol. The molecule has 1 aliphatic rings. The summed E-state index contributed by atoms with van der Waals surface area (Å²) in [4.78, 5) is 5.82. The number of hydrogen-bond acceptors (Lipinski definition) is 2. The van der Waals surface area contributed by atoms with E-state index in [1.54, 1.807) is 0 Å². The van der Waals surface area contributed by atoms with Crippen molar-refractivity contribution in [2.75, 3.05) is 13.1 Å². The molecule has 11 heavy (non-hydrogen) atoms. The molecule has 3 heteroatoms. The predicted molar refractivity (Wildman–Crippen MR) is 41.7 cm³/mol. The normalized spacial score (nSPS) is 15.4. The van der Waals surface area contributed by atoms with Gasteiger partial charge in [0.05, 0.1) is 0 Å². The standard InChI is InChI=1S/C8H12N2.Y/c1-7(2)8(3)10-5-4-9-6-10;/h3,7H,4-5H2,1-2H3;/q-2;. The molecular formula is C8H12N2Y-2. The molecule has 0 unspecified atom stereocenters. The molecule has 0 spiro atoms. The van der Waals surface area contributed by atoms with E-state index in [0.717, 1.165) is 18.8 Å². The molecule has 0 aromatic heterocycles. The maximum Gasteiger partial charge on any atom is 0.0339 e. The van der Waals surface area contributed by atoms with Gasteiger partial charge < -0.3 is 22.2 Å². The Hall–Kier alpha value is 0.314. The molecule has 0 aromatic rings. The van der Waals surface area contributed by atoms with Crippen LogP contribution in [0.15, 0.2) is 10.7 Å². The Kier molecular flexibility index (Phi) is 5.19. The second kappa shape index (κ2) is 5.05. The molecule has 1 rings (SSSR count). The van der Waals surface area contributed by atoms with Gasteiger partial charge >= 0.3 is 0 Å². The first-order valence-electron chi connectivity index (χ1n) is 3.54. The molecule has 0 aromatic carbocycles. The van der Waals surface area contributed by atoms with E-state index >= 15 is 0 Å². The van der Waals surface area contributed by atoms with Crippen molar-refractivity contribution in [1.29, 1.82) is 0 Å². The molecule has 1 heterocycles. The van der Waals surface area contributed by atoms with Crippen LogP contribution in [0, 0.1) is 12.5 Å². The molecule has 0 fully saturated rings. The summed E-state index contributed by atoms with van der Waals surface area (Å²) in [5.74, 6) is 0.390. The summed E-state index contributed by atoms with van der Waals surface area (Å²) in [5.41, 5.74) is 0.862. The minimum absolute atomic E-state index is 0. The zero-order valence-corrected chi connectivity index (χ0v) is 9.88. The molecule has 0 aliphatic carbocycles. The number of aliphatic imine (C=N–C) groups is 1. The summed E-state index contributed by atoms with van der Waals surface area (Å²) >= 11 is 0. The molecule has 0 atom stereocenters. The van der Waals surface area contributed by atoms with Gasteiger partial charge in [-0.25, -0.2) is 0 Å². The number of hydrogen-bond donors (Lipinski definition) is 0. The summed E-state index contributed by atoms with van der Waals surface area (Å²) in [6.45, 7) is 11.6. The monoisotopic (exact) mass is 225 g/mol. The van der Waals surface area contributed by atoms with E-state index in [-0.39, 0.29) is 32.7 Å². The van der Waals surface area contributed by atoms with Crippen LogP contribution < -0.4 is 0 Å². The van der Waals surface area contributed by atoms with Crippen molar-refractivity contribution in [3.8, 4) is 0 Å². The van der Waals surface area contributed by atoms with Crippen LogP contribution in [0.1, 0.15) is 13.8 Å². The van der Waals surface area contributed by atoms with Gasteiger partial charge in [-0.3, -0.25) is 0 Å². The van der Waals surface area contributed by atoms with Crippen LogP contribution in [0.3, 0.4) is 0 Å². The number of nitrogens with zero attached hydrogens (tertiary/aromatic N) is 2. The number of rotatable bonds is 2. The van der Waals surface area contributed by atoms with Crippen molar-refractivity contribution in [3.63, 3.8) is 0 Å². The van der Waals surface area contributed by atoms with E-state index in [0.29, 0.717) is 5.92 Å². The van der Waals surface area contributed by atoms with Crippen molar-refractivity contribution < 1.29 is 32.7 Å². The van der Waals surface area contributed by atoms with Crippen LogP contribution in [0.2, 0.25) is 0 Å². The van der Waals surface area contributed by atoms with Gasteiger partial charge in [0.1, 0.15) is 0 Å². The molecule has 0 N–H and O–H groups in total. The van der Waals surface area contributed by atoms with Crippen molar-refractivity contribution in [1.82, 2.24) is 4.90 Å². The Balaban J connectivity index is 0.000001000. The van der Waals surface area contributed by atoms with E-state index in [4.69, 9.17) is 6.58 Å². The molecule has 1 aliphatic heterocycles. The van der Waals surface area contributed by atoms with Crippen molar-refractivity contribution in [2.24, 2.45) is 10.9 Å². The van der Waals surface area contributed by atoms with Crippen LogP contribution in [0.4, 0.5) is 0 Å². The first-order chi connectivity index (χ1) is 4.72. The largest absolute Gasteiger partial charge is 0.599 e. The fourth-order valence-electron chi connectivity index (χ4n) is 0.834. The first kappa shape index (κ1) is 11.3. The Morgan fingerprint density at radius 3 is 2.64 bits per heavy atom. The SMILES string of the molecule is [CH-]=C(C(C)C)N1[C-]=NCC1.[Y]. The van der Waals surface area contributed by atoms with Gasteiger partial charge in [0.25, 0.3) is 0 Å². The zero-order valence-electron chi connectivity index (χ0n) is 7.04. The van der Waals surface area contributed by atoms with Crippen LogP contribution in [-0.4, -0.2) is 24.3 Å². The van der Waals surface area contributed by atoms with Gasteiger partial charge in [0.2, 0.25) is 0 Å². The fourth-order valence-corrected chi connectivity index (χ4v) is 0.834. The Morgan fingerprint density at radius 2 is 2.27 bits per heavy atom. The van der Waals surface area contributed by atoms with Gasteiger partial charge in [0, 0.05) is 45.8 Å². The fraction of sp³-hybridized carbons (Fsp3) is 0.625. The van der Waals surface area contributed by atoms with E-state index in [2.05, 4.69) is 25.2 Å². The van der Waals surface area contributed by atoms with Crippen LogP contribution in [-0.2, 0) is 32.7 Å². The second-order valence-electron chi connectivity index (χ2n) is 2.71. The molecule has 0 amide bonds. The van der Waals surface area contributed by atoms with Crippen LogP contribution in [0.25, 0.3) is 0 Å². The minimum Gasteiger partial charge on any atom is -0.599 e. The predicted octanol–water partition coefficient (Wildman–Crippen LogP) is 1.18. The zero-order chi connectivity index (χ0) is 7.56. The maximum atomic E-state index is 5.74.